The fourth-order valence-corrected chi connectivity index (χ4v) is 3.89. The third-order valence-corrected chi connectivity index (χ3v) is 5.54. The number of carbonyl (C=O) groups excluding carboxylic acids is 1. The molecule has 1 fully saturated rings. The van der Waals surface area contributed by atoms with Gasteiger partial charge in [-0.15, -0.1) is 0 Å². The molecule has 0 atom stereocenters. The topological polar surface area (TPSA) is 76.6 Å². The summed E-state index contributed by atoms with van der Waals surface area (Å²) < 4.78 is 11.1. The molecule has 0 aliphatic carbocycles. The molecule has 0 bridgehead atoms. The van der Waals surface area contributed by atoms with Gasteiger partial charge in [-0.05, 0) is 49.1 Å². The van der Waals surface area contributed by atoms with E-state index in [1.54, 1.807) is 12.1 Å². The van der Waals surface area contributed by atoms with Gasteiger partial charge in [0, 0.05) is 48.4 Å². The number of hydrogen-bond acceptors (Lipinski definition) is 6. The van der Waals surface area contributed by atoms with Crippen molar-refractivity contribution in [1.29, 1.82) is 0 Å². The Bertz CT molecular complexity index is 1080. The molecular formula is C24H24N4O3. The Morgan fingerprint density at radius 1 is 0.871 bits per heavy atom. The summed E-state index contributed by atoms with van der Waals surface area (Å²) in [6.07, 6.45) is 7.30. The third kappa shape index (κ3) is 4.30. The van der Waals surface area contributed by atoms with E-state index in [2.05, 4.69) is 20.2 Å². The normalized spacial score (nSPS) is 15.4. The van der Waals surface area contributed by atoms with Crippen LogP contribution in [0.3, 0.4) is 0 Å². The average Bonchev–Trinajstić information content (AvgIpc) is 2.85. The van der Waals surface area contributed by atoms with E-state index in [0.717, 1.165) is 30.2 Å². The predicted molar refractivity (Wildman–Crippen MR) is 119 cm³/mol. The minimum absolute atomic E-state index is 0.190. The Hall–Kier alpha value is -3.61. The SMILES string of the molecule is O=C(Nc1ccc2c(c1)OCCO2)c1cccc(-c2cnc(N3CCCCC3)nc2)c1. The molecular weight excluding hydrogens is 392 g/mol. The summed E-state index contributed by atoms with van der Waals surface area (Å²) in [5.41, 5.74) is 3.01. The lowest BCUT2D eigenvalue weighted by Gasteiger charge is -2.26. The summed E-state index contributed by atoms with van der Waals surface area (Å²) in [5, 5.41) is 2.93. The molecule has 1 amide bonds. The van der Waals surface area contributed by atoms with Crippen LogP contribution in [0.1, 0.15) is 29.6 Å². The zero-order valence-corrected chi connectivity index (χ0v) is 17.2. The number of nitrogens with zero attached hydrogens (tertiary/aromatic N) is 3. The molecule has 158 valence electrons. The fourth-order valence-electron chi connectivity index (χ4n) is 3.89. The van der Waals surface area contributed by atoms with E-state index in [9.17, 15) is 4.79 Å². The number of rotatable bonds is 4. The Kier molecular flexibility index (Phi) is 5.39. The molecule has 1 aromatic heterocycles. The van der Waals surface area contributed by atoms with Gasteiger partial charge in [0.1, 0.15) is 13.2 Å². The summed E-state index contributed by atoms with van der Waals surface area (Å²) in [6, 6.07) is 12.9. The zero-order chi connectivity index (χ0) is 21.0. The van der Waals surface area contributed by atoms with Crippen molar-refractivity contribution < 1.29 is 14.3 Å². The molecule has 7 nitrogen and oxygen atoms in total. The molecule has 5 rings (SSSR count). The summed E-state index contributed by atoms with van der Waals surface area (Å²) in [5.74, 6) is 1.92. The lowest BCUT2D eigenvalue weighted by atomic mass is 10.1. The van der Waals surface area contributed by atoms with Crippen LogP contribution in [0.25, 0.3) is 11.1 Å². The zero-order valence-electron chi connectivity index (χ0n) is 17.2. The number of benzene rings is 2. The number of anilines is 2. The van der Waals surface area contributed by atoms with Crippen LogP contribution in [0, 0.1) is 0 Å². The number of piperidine rings is 1. The lowest BCUT2D eigenvalue weighted by molar-refractivity contribution is 0.102. The first-order valence-electron chi connectivity index (χ1n) is 10.6. The van der Waals surface area contributed by atoms with Crippen LogP contribution in [0.4, 0.5) is 11.6 Å². The molecule has 1 saturated heterocycles. The monoisotopic (exact) mass is 416 g/mol. The molecule has 0 radical (unpaired) electrons. The maximum Gasteiger partial charge on any atom is 0.255 e. The van der Waals surface area contributed by atoms with Crippen LogP contribution in [0.5, 0.6) is 11.5 Å². The quantitative estimate of drug-likeness (QED) is 0.688. The van der Waals surface area contributed by atoms with E-state index in [-0.39, 0.29) is 5.91 Å². The van der Waals surface area contributed by atoms with E-state index >= 15 is 0 Å². The molecule has 2 aromatic carbocycles. The molecule has 1 N–H and O–H groups in total. The Morgan fingerprint density at radius 3 is 2.45 bits per heavy atom. The van der Waals surface area contributed by atoms with E-state index in [1.165, 1.54) is 19.3 Å². The molecule has 0 unspecified atom stereocenters. The van der Waals surface area contributed by atoms with Crippen molar-refractivity contribution in [2.24, 2.45) is 0 Å². The summed E-state index contributed by atoms with van der Waals surface area (Å²) in [7, 11) is 0. The number of carbonyl (C=O) groups is 1. The van der Waals surface area contributed by atoms with Gasteiger partial charge in [-0.25, -0.2) is 9.97 Å². The van der Waals surface area contributed by atoms with Crippen molar-refractivity contribution in [3.05, 3.63) is 60.4 Å². The number of hydrogen-bond donors (Lipinski definition) is 1. The third-order valence-electron chi connectivity index (χ3n) is 5.54. The minimum Gasteiger partial charge on any atom is -0.486 e. The first kappa shape index (κ1) is 19.4. The number of aromatic nitrogens is 2. The van der Waals surface area contributed by atoms with Gasteiger partial charge in [0.25, 0.3) is 5.91 Å². The molecule has 3 heterocycles. The van der Waals surface area contributed by atoms with Crippen molar-refractivity contribution in [2.75, 3.05) is 36.5 Å². The van der Waals surface area contributed by atoms with Crippen LogP contribution in [-0.2, 0) is 0 Å². The van der Waals surface area contributed by atoms with E-state index in [1.807, 2.05) is 42.7 Å². The van der Waals surface area contributed by atoms with Crippen molar-refractivity contribution >= 4 is 17.5 Å². The van der Waals surface area contributed by atoms with Crippen molar-refractivity contribution in [1.82, 2.24) is 9.97 Å². The van der Waals surface area contributed by atoms with Gasteiger partial charge in [-0.1, -0.05) is 12.1 Å². The smallest absolute Gasteiger partial charge is 0.255 e. The summed E-state index contributed by atoms with van der Waals surface area (Å²) >= 11 is 0. The van der Waals surface area contributed by atoms with E-state index < -0.39 is 0 Å². The molecule has 31 heavy (non-hydrogen) atoms. The second kappa shape index (κ2) is 8.63. The first-order chi connectivity index (χ1) is 15.3. The molecule has 2 aliphatic heterocycles. The molecule has 2 aliphatic rings. The second-order valence-corrected chi connectivity index (χ2v) is 7.71. The van der Waals surface area contributed by atoms with Crippen LogP contribution in [0.2, 0.25) is 0 Å². The van der Waals surface area contributed by atoms with E-state index in [0.29, 0.717) is 36.0 Å². The highest BCUT2D eigenvalue weighted by molar-refractivity contribution is 6.05. The number of amides is 1. The summed E-state index contributed by atoms with van der Waals surface area (Å²) in [4.78, 5) is 24.1. The fraction of sp³-hybridized carbons (Fsp3) is 0.292. The highest BCUT2D eigenvalue weighted by atomic mass is 16.6. The van der Waals surface area contributed by atoms with Crippen LogP contribution >= 0.6 is 0 Å². The standard InChI is InChI=1S/C24H24N4O3/c29-23(27-20-7-8-21-22(14-20)31-12-11-30-21)18-6-4-5-17(13-18)19-15-25-24(26-16-19)28-9-2-1-3-10-28/h4-8,13-16H,1-3,9-12H2,(H,27,29). The maximum absolute atomic E-state index is 12.8. The number of ether oxygens (including phenoxy) is 2. The molecule has 7 heteroatoms. The van der Waals surface area contributed by atoms with Gasteiger partial charge in [0.15, 0.2) is 11.5 Å². The van der Waals surface area contributed by atoms with Crippen LogP contribution in [-0.4, -0.2) is 42.2 Å². The van der Waals surface area contributed by atoms with Gasteiger partial charge in [0.05, 0.1) is 0 Å². The number of nitrogens with one attached hydrogen (secondary N) is 1. The van der Waals surface area contributed by atoms with Crippen LogP contribution in [0.15, 0.2) is 54.9 Å². The van der Waals surface area contributed by atoms with Gasteiger partial charge in [-0.3, -0.25) is 4.79 Å². The Balaban J connectivity index is 1.31. The van der Waals surface area contributed by atoms with Gasteiger partial charge < -0.3 is 19.7 Å². The lowest BCUT2D eigenvalue weighted by Crippen LogP contribution is -2.30. The number of fused-ring (bicyclic) bond motifs is 1. The van der Waals surface area contributed by atoms with Gasteiger partial charge in [-0.2, -0.15) is 0 Å². The summed E-state index contributed by atoms with van der Waals surface area (Å²) in [6.45, 7) is 3.06. The van der Waals surface area contributed by atoms with Crippen molar-refractivity contribution in [3.8, 4) is 22.6 Å². The first-order valence-corrected chi connectivity index (χ1v) is 10.6. The maximum atomic E-state index is 12.8. The van der Waals surface area contributed by atoms with Crippen LogP contribution < -0.4 is 19.7 Å². The van der Waals surface area contributed by atoms with Gasteiger partial charge in [0.2, 0.25) is 5.95 Å². The molecule has 0 spiro atoms. The Labute approximate surface area is 181 Å². The Morgan fingerprint density at radius 2 is 1.65 bits per heavy atom. The molecule has 3 aromatic rings. The van der Waals surface area contributed by atoms with E-state index in [4.69, 9.17) is 9.47 Å². The minimum atomic E-state index is -0.190. The predicted octanol–water partition coefficient (Wildman–Crippen LogP) is 4.16. The largest absolute Gasteiger partial charge is 0.486 e. The highest BCUT2D eigenvalue weighted by Crippen LogP contribution is 2.32. The molecule has 0 saturated carbocycles. The highest BCUT2D eigenvalue weighted by Gasteiger charge is 2.15. The average molecular weight is 416 g/mol. The van der Waals surface area contributed by atoms with Crippen molar-refractivity contribution in [3.63, 3.8) is 0 Å². The van der Waals surface area contributed by atoms with Gasteiger partial charge >= 0.3 is 0 Å². The second-order valence-electron chi connectivity index (χ2n) is 7.71. The van der Waals surface area contributed by atoms with Crippen molar-refractivity contribution in [2.45, 2.75) is 19.3 Å².